The fourth-order valence-electron chi connectivity index (χ4n) is 3.41. The van der Waals surface area contributed by atoms with Gasteiger partial charge in [0, 0.05) is 32.4 Å². The van der Waals surface area contributed by atoms with Crippen molar-refractivity contribution in [2.24, 2.45) is 0 Å². The van der Waals surface area contributed by atoms with Gasteiger partial charge in [0.05, 0.1) is 5.69 Å². The van der Waals surface area contributed by atoms with Gasteiger partial charge in [-0.25, -0.2) is 4.79 Å². The topological polar surface area (TPSA) is 56.2 Å². The van der Waals surface area contributed by atoms with Crippen LogP contribution >= 0.6 is 0 Å². The van der Waals surface area contributed by atoms with Crippen molar-refractivity contribution in [2.45, 2.75) is 32.9 Å². The second-order valence-corrected chi connectivity index (χ2v) is 6.97. The molecule has 0 spiro atoms. The van der Waals surface area contributed by atoms with Gasteiger partial charge in [-0.2, -0.15) is 13.8 Å². The van der Waals surface area contributed by atoms with E-state index in [0.717, 1.165) is 36.2 Å². The van der Waals surface area contributed by atoms with Gasteiger partial charge in [0.2, 0.25) is 0 Å². The Morgan fingerprint density at radius 1 is 1.28 bits per heavy atom. The molecule has 6 nitrogen and oxygen atoms in total. The fraction of sp³-hybridized carbons (Fsp3) is 0.381. The van der Waals surface area contributed by atoms with Gasteiger partial charge in [-0.15, -0.1) is 0 Å². The lowest BCUT2D eigenvalue weighted by atomic mass is 10.00. The molecule has 156 valence electrons. The number of carbonyl (C=O) groups excluding carboxylic acids is 1. The highest BCUT2D eigenvalue weighted by atomic mass is 19.3. The number of carbonyl (C=O) groups is 1. The van der Waals surface area contributed by atoms with Crippen LogP contribution in [-0.4, -0.2) is 42.9 Å². The van der Waals surface area contributed by atoms with Crippen molar-refractivity contribution >= 4 is 17.4 Å². The zero-order chi connectivity index (χ0) is 21.0. The zero-order valence-electron chi connectivity index (χ0n) is 16.5. The number of benzene rings is 2. The van der Waals surface area contributed by atoms with Crippen LogP contribution in [0, 0.1) is 0 Å². The fourth-order valence-corrected chi connectivity index (χ4v) is 3.41. The molecule has 0 aliphatic carbocycles. The number of nitrogens with zero attached hydrogens (tertiary/aromatic N) is 3. The number of urea groups is 1. The summed E-state index contributed by atoms with van der Waals surface area (Å²) in [6.45, 7) is 0.843. The van der Waals surface area contributed by atoms with E-state index in [1.54, 1.807) is 25.2 Å². The zero-order valence-corrected chi connectivity index (χ0v) is 16.5. The smallest absolute Gasteiger partial charge is 0.387 e. The molecule has 1 aliphatic heterocycles. The van der Waals surface area contributed by atoms with Crippen molar-refractivity contribution in [3.05, 3.63) is 53.6 Å². The largest absolute Gasteiger partial charge is 0.435 e. The first-order valence-electron chi connectivity index (χ1n) is 9.54. The van der Waals surface area contributed by atoms with E-state index in [0.29, 0.717) is 23.8 Å². The lowest BCUT2D eigenvalue weighted by molar-refractivity contribution is -0.0498. The number of alkyl halides is 2. The second kappa shape index (κ2) is 9.09. The monoisotopic (exact) mass is 405 g/mol. The van der Waals surface area contributed by atoms with Crippen LogP contribution in [0.5, 0.6) is 5.75 Å². The molecule has 0 fully saturated rings. The normalized spacial score (nSPS) is 13.2. The van der Waals surface area contributed by atoms with E-state index in [1.807, 2.05) is 25.1 Å². The molecule has 0 atom stereocenters. The summed E-state index contributed by atoms with van der Waals surface area (Å²) in [5, 5.41) is 10.9. The molecule has 0 bridgehead atoms. The van der Waals surface area contributed by atoms with Gasteiger partial charge in [-0.3, -0.25) is 5.21 Å². The van der Waals surface area contributed by atoms with Crippen LogP contribution in [0.15, 0.2) is 42.5 Å². The maximum Gasteiger partial charge on any atom is 0.387 e. The van der Waals surface area contributed by atoms with E-state index in [9.17, 15) is 18.8 Å². The number of hydrogen-bond acceptors (Lipinski definition) is 4. The number of ether oxygens (including phenoxy) is 1. The van der Waals surface area contributed by atoms with Crippen LogP contribution in [0.4, 0.5) is 25.0 Å². The molecule has 8 heteroatoms. The minimum atomic E-state index is -2.85. The van der Waals surface area contributed by atoms with Crippen LogP contribution in [0.2, 0.25) is 0 Å². The quantitative estimate of drug-likeness (QED) is 0.568. The van der Waals surface area contributed by atoms with E-state index >= 15 is 0 Å². The molecule has 0 saturated heterocycles. The van der Waals surface area contributed by atoms with E-state index in [2.05, 4.69) is 9.64 Å². The summed E-state index contributed by atoms with van der Waals surface area (Å²) < 4.78 is 29.4. The standard InChI is InChI=1S/C21H25F2N3O3/c1-3-24(2)21(27)26(28)17-9-10-19-16(13-17)7-5-11-25(19)14-15-6-4-8-18(12-15)29-20(22)23/h4,6,8-10,12-13,20,28H,3,5,7,11,14H2,1-2H3. The van der Waals surface area contributed by atoms with Crippen molar-refractivity contribution in [3.63, 3.8) is 0 Å². The Labute approximate surface area is 168 Å². The SMILES string of the molecule is CCN(C)C(=O)N(O)c1ccc2c(c1)CCCN2Cc1cccc(OC(F)F)c1. The number of aryl methyl sites for hydroxylation is 1. The molecule has 0 radical (unpaired) electrons. The summed E-state index contributed by atoms with van der Waals surface area (Å²) in [6.07, 6.45) is 1.75. The number of amides is 2. The summed E-state index contributed by atoms with van der Waals surface area (Å²) in [7, 11) is 1.62. The van der Waals surface area contributed by atoms with Crippen molar-refractivity contribution < 1.29 is 23.5 Å². The third-order valence-corrected chi connectivity index (χ3v) is 5.00. The van der Waals surface area contributed by atoms with Gasteiger partial charge >= 0.3 is 12.6 Å². The first-order chi connectivity index (χ1) is 13.9. The lowest BCUT2D eigenvalue weighted by Crippen LogP contribution is -2.39. The molecule has 2 aromatic carbocycles. The van der Waals surface area contributed by atoms with Crippen molar-refractivity contribution in [3.8, 4) is 5.75 Å². The molecule has 0 unspecified atom stereocenters. The third-order valence-electron chi connectivity index (χ3n) is 5.00. The van der Waals surface area contributed by atoms with Crippen LogP contribution in [0.25, 0.3) is 0 Å². The van der Waals surface area contributed by atoms with Crippen molar-refractivity contribution in [2.75, 3.05) is 30.1 Å². The van der Waals surface area contributed by atoms with Crippen LogP contribution in [0.1, 0.15) is 24.5 Å². The predicted octanol–water partition coefficient (Wildman–Crippen LogP) is 4.51. The number of hydrogen-bond donors (Lipinski definition) is 1. The Balaban J connectivity index is 1.78. The number of hydroxylamine groups is 1. The molecule has 0 saturated carbocycles. The van der Waals surface area contributed by atoms with E-state index < -0.39 is 12.6 Å². The maximum atomic E-state index is 12.5. The van der Waals surface area contributed by atoms with Gasteiger partial charge in [0.25, 0.3) is 0 Å². The van der Waals surface area contributed by atoms with Crippen molar-refractivity contribution in [1.29, 1.82) is 0 Å². The van der Waals surface area contributed by atoms with E-state index in [-0.39, 0.29) is 5.75 Å². The molecule has 29 heavy (non-hydrogen) atoms. The number of halogens is 2. The molecule has 1 aliphatic rings. The predicted molar refractivity (Wildman–Crippen MR) is 107 cm³/mol. The summed E-state index contributed by atoms with van der Waals surface area (Å²) in [4.78, 5) is 15.8. The molecule has 0 aromatic heterocycles. The summed E-state index contributed by atoms with van der Waals surface area (Å²) in [5.41, 5.74) is 3.32. The molecule has 2 amide bonds. The Morgan fingerprint density at radius 2 is 2.07 bits per heavy atom. The number of anilines is 2. The Morgan fingerprint density at radius 3 is 2.79 bits per heavy atom. The van der Waals surface area contributed by atoms with Gasteiger partial charge in [-0.1, -0.05) is 12.1 Å². The Kier molecular flexibility index (Phi) is 6.53. The van der Waals surface area contributed by atoms with Gasteiger partial charge in [0.1, 0.15) is 5.75 Å². The van der Waals surface area contributed by atoms with E-state index in [1.165, 1.54) is 11.0 Å². The van der Waals surface area contributed by atoms with Crippen LogP contribution < -0.4 is 14.7 Å². The third kappa shape index (κ3) is 4.95. The minimum Gasteiger partial charge on any atom is -0.435 e. The second-order valence-electron chi connectivity index (χ2n) is 6.97. The number of rotatable bonds is 6. The molecular weight excluding hydrogens is 380 g/mol. The van der Waals surface area contributed by atoms with Gasteiger partial charge in [-0.05, 0) is 61.2 Å². The Bertz CT molecular complexity index is 863. The minimum absolute atomic E-state index is 0.138. The highest BCUT2D eigenvalue weighted by Crippen LogP contribution is 2.32. The average Bonchev–Trinajstić information content (AvgIpc) is 2.71. The molecular formula is C21H25F2N3O3. The van der Waals surface area contributed by atoms with Crippen LogP contribution in [-0.2, 0) is 13.0 Å². The van der Waals surface area contributed by atoms with E-state index in [4.69, 9.17) is 0 Å². The first kappa shape index (κ1) is 20.9. The molecule has 2 aromatic rings. The maximum absolute atomic E-state index is 12.5. The number of fused-ring (bicyclic) bond motifs is 1. The lowest BCUT2D eigenvalue weighted by Gasteiger charge is -2.32. The summed E-state index contributed by atoms with van der Waals surface area (Å²) in [5.74, 6) is 0.138. The highest BCUT2D eigenvalue weighted by Gasteiger charge is 2.22. The molecule has 1 heterocycles. The van der Waals surface area contributed by atoms with Crippen molar-refractivity contribution in [1.82, 2.24) is 4.90 Å². The van der Waals surface area contributed by atoms with Crippen LogP contribution in [0.3, 0.4) is 0 Å². The average molecular weight is 405 g/mol. The van der Waals surface area contributed by atoms with Gasteiger partial charge in [0.15, 0.2) is 0 Å². The summed E-state index contributed by atoms with van der Waals surface area (Å²) in [6, 6.07) is 11.6. The molecule has 1 N–H and O–H groups in total. The molecule has 3 rings (SSSR count). The van der Waals surface area contributed by atoms with Gasteiger partial charge < -0.3 is 14.5 Å². The highest BCUT2D eigenvalue weighted by molar-refractivity contribution is 5.89. The summed E-state index contributed by atoms with van der Waals surface area (Å²) >= 11 is 0. The Hall–Kier alpha value is -2.87. The first-order valence-corrected chi connectivity index (χ1v) is 9.54.